The maximum Gasteiger partial charge on any atom is 0.180 e. The van der Waals surface area contributed by atoms with Crippen molar-refractivity contribution in [2.45, 2.75) is 19.9 Å². The van der Waals surface area contributed by atoms with Crippen LogP contribution in [0.4, 0.5) is 0 Å². The standard InChI is InChI=1S/C11H13NO/c1-8-3-5-10(6-4-8)11-7-13-9(2)12-11/h3-6,11H,7H2,1-2H3. The second-order valence-electron chi connectivity index (χ2n) is 3.39. The molecule has 0 N–H and O–H groups in total. The molecule has 0 radical (unpaired) electrons. The molecule has 1 aliphatic rings. The fourth-order valence-corrected chi connectivity index (χ4v) is 1.45. The van der Waals surface area contributed by atoms with Gasteiger partial charge in [-0.1, -0.05) is 29.8 Å². The molecule has 68 valence electrons. The molecular weight excluding hydrogens is 162 g/mol. The maximum atomic E-state index is 5.30. The molecule has 1 aromatic rings. The zero-order valence-electron chi connectivity index (χ0n) is 7.95. The molecule has 1 atom stereocenters. The summed E-state index contributed by atoms with van der Waals surface area (Å²) in [4.78, 5) is 4.38. The van der Waals surface area contributed by atoms with E-state index in [4.69, 9.17) is 4.74 Å². The predicted octanol–water partition coefficient (Wildman–Crippen LogP) is 2.48. The summed E-state index contributed by atoms with van der Waals surface area (Å²) < 4.78 is 5.30. The quantitative estimate of drug-likeness (QED) is 0.642. The van der Waals surface area contributed by atoms with Gasteiger partial charge in [0.15, 0.2) is 5.90 Å². The zero-order chi connectivity index (χ0) is 9.26. The molecule has 0 aliphatic carbocycles. The summed E-state index contributed by atoms with van der Waals surface area (Å²) in [5.41, 5.74) is 2.52. The van der Waals surface area contributed by atoms with Gasteiger partial charge in [-0.25, -0.2) is 4.99 Å². The molecule has 1 unspecified atom stereocenters. The highest BCUT2D eigenvalue weighted by molar-refractivity contribution is 5.75. The smallest absolute Gasteiger partial charge is 0.180 e. The first-order chi connectivity index (χ1) is 6.25. The third-order valence-electron chi connectivity index (χ3n) is 2.25. The van der Waals surface area contributed by atoms with E-state index in [-0.39, 0.29) is 6.04 Å². The number of benzene rings is 1. The van der Waals surface area contributed by atoms with Gasteiger partial charge in [0.2, 0.25) is 0 Å². The highest BCUT2D eigenvalue weighted by Crippen LogP contribution is 2.22. The molecule has 2 nitrogen and oxygen atoms in total. The van der Waals surface area contributed by atoms with E-state index in [0.717, 1.165) is 5.90 Å². The molecule has 0 saturated heterocycles. The van der Waals surface area contributed by atoms with Gasteiger partial charge in [-0.05, 0) is 12.5 Å². The van der Waals surface area contributed by atoms with Crippen LogP contribution in [-0.2, 0) is 4.74 Å². The molecule has 0 fully saturated rings. The van der Waals surface area contributed by atoms with Crippen LogP contribution in [0, 0.1) is 6.92 Å². The van der Waals surface area contributed by atoms with Crippen LogP contribution >= 0.6 is 0 Å². The van der Waals surface area contributed by atoms with Gasteiger partial charge >= 0.3 is 0 Å². The molecule has 2 heteroatoms. The van der Waals surface area contributed by atoms with Gasteiger partial charge in [0.1, 0.15) is 12.6 Å². The second-order valence-corrected chi connectivity index (χ2v) is 3.39. The van der Waals surface area contributed by atoms with Crippen LogP contribution in [0.2, 0.25) is 0 Å². The van der Waals surface area contributed by atoms with Crippen molar-refractivity contribution < 1.29 is 4.74 Å². The molecule has 0 bridgehead atoms. The van der Waals surface area contributed by atoms with E-state index in [2.05, 4.69) is 36.2 Å². The van der Waals surface area contributed by atoms with Gasteiger partial charge in [-0.15, -0.1) is 0 Å². The minimum absolute atomic E-state index is 0.209. The Bertz CT molecular complexity index is 326. The monoisotopic (exact) mass is 175 g/mol. The lowest BCUT2D eigenvalue weighted by Gasteiger charge is -2.04. The number of aryl methyl sites for hydroxylation is 1. The van der Waals surface area contributed by atoms with Crippen LogP contribution in [0.15, 0.2) is 29.3 Å². The van der Waals surface area contributed by atoms with Gasteiger partial charge < -0.3 is 4.74 Å². The third kappa shape index (κ3) is 1.72. The Morgan fingerprint density at radius 1 is 1.23 bits per heavy atom. The van der Waals surface area contributed by atoms with Crippen molar-refractivity contribution in [3.63, 3.8) is 0 Å². The van der Waals surface area contributed by atoms with Gasteiger partial charge in [0.25, 0.3) is 0 Å². The maximum absolute atomic E-state index is 5.30. The van der Waals surface area contributed by atoms with Crippen LogP contribution in [0.5, 0.6) is 0 Å². The summed E-state index contributed by atoms with van der Waals surface area (Å²) in [6, 6.07) is 8.66. The number of hydrogen-bond donors (Lipinski definition) is 0. The van der Waals surface area contributed by atoms with Crippen LogP contribution in [0.3, 0.4) is 0 Å². The molecule has 1 aliphatic heterocycles. The molecule has 0 amide bonds. The normalized spacial score (nSPS) is 21.1. The third-order valence-corrected chi connectivity index (χ3v) is 2.25. The summed E-state index contributed by atoms with van der Waals surface area (Å²) in [5.74, 6) is 0.797. The van der Waals surface area contributed by atoms with E-state index >= 15 is 0 Å². The molecule has 13 heavy (non-hydrogen) atoms. The van der Waals surface area contributed by atoms with Gasteiger partial charge in [-0.3, -0.25) is 0 Å². The van der Waals surface area contributed by atoms with E-state index in [1.54, 1.807) is 0 Å². The van der Waals surface area contributed by atoms with Crippen LogP contribution in [0.25, 0.3) is 0 Å². The number of rotatable bonds is 1. The minimum Gasteiger partial charge on any atom is -0.479 e. The number of aliphatic imine (C=N–C) groups is 1. The van der Waals surface area contributed by atoms with E-state index in [1.165, 1.54) is 11.1 Å². The number of nitrogens with zero attached hydrogens (tertiary/aromatic N) is 1. The summed E-state index contributed by atoms with van der Waals surface area (Å²) in [6.45, 7) is 4.67. The topological polar surface area (TPSA) is 21.6 Å². The van der Waals surface area contributed by atoms with Crippen molar-refractivity contribution in [2.24, 2.45) is 4.99 Å². The number of hydrogen-bond acceptors (Lipinski definition) is 2. The zero-order valence-corrected chi connectivity index (χ0v) is 7.95. The van der Waals surface area contributed by atoms with Crippen LogP contribution in [-0.4, -0.2) is 12.5 Å². The van der Waals surface area contributed by atoms with Crippen LogP contribution < -0.4 is 0 Å². The fourth-order valence-electron chi connectivity index (χ4n) is 1.45. The average Bonchev–Trinajstić information content (AvgIpc) is 2.53. The first kappa shape index (κ1) is 8.30. The predicted molar refractivity (Wildman–Crippen MR) is 53.0 cm³/mol. The van der Waals surface area contributed by atoms with Crippen molar-refractivity contribution in [3.05, 3.63) is 35.4 Å². The first-order valence-electron chi connectivity index (χ1n) is 4.49. The lowest BCUT2D eigenvalue weighted by molar-refractivity contribution is 0.317. The van der Waals surface area contributed by atoms with Crippen molar-refractivity contribution in [2.75, 3.05) is 6.61 Å². The molecule has 0 spiro atoms. The summed E-state index contributed by atoms with van der Waals surface area (Å²) in [5, 5.41) is 0. The summed E-state index contributed by atoms with van der Waals surface area (Å²) >= 11 is 0. The van der Waals surface area contributed by atoms with E-state index in [1.807, 2.05) is 6.92 Å². The Labute approximate surface area is 78.3 Å². The highest BCUT2D eigenvalue weighted by atomic mass is 16.5. The SMILES string of the molecule is CC1=NC(c2ccc(C)cc2)CO1. The van der Waals surface area contributed by atoms with Gasteiger partial charge in [0, 0.05) is 6.92 Å². The second kappa shape index (κ2) is 3.21. The Morgan fingerprint density at radius 2 is 1.92 bits per heavy atom. The molecule has 0 saturated carbocycles. The van der Waals surface area contributed by atoms with Crippen LogP contribution in [0.1, 0.15) is 24.1 Å². The van der Waals surface area contributed by atoms with E-state index in [0.29, 0.717) is 6.61 Å². The largest absolute Gasteiger partial charge is 0.479 e. The first-order valence-corrected chi connectivity index (χ1v) is 4.49. The van der Waals surface area contributed by atoms with Crippen molar-refractivity contribution in [1.82, 2.24) is 0 Å². The van der Waals surface area contributed by atoms with E-state index < -0.39 is 0 Å². The Kier molecular flexibility index (Phi) is 2.05. The number of ether oxygens (including phenoxy) is 1. The van der Waals surface area contributed by atoms with Crippen molar-refractivity contribution in [1.29, 1.82) is 0 Å². The molecule has 0 aromatic heterocycles. The Hall–Kier alpha value is -1.31. The van der Waals surface area contributed by atoms with Gasteiger partial charge in [-0.2, -0.15) is 0 Å². The fraction of sp³-hybridized carbons (Fsp3) is 0.364. The van der Waals surface area contributed by atoms with Crippen molar-refractivity contribution in [3.8, 4) is 0 Å². The molecular formula is C11H13NO. The molecule has 1 aromatic carbocycles. The van der Waals surface area contributed by atoms with Crippen molar-refractivity contribution >= 4 is 5.90 Å². The summed E-state index contributed by atoms with van der Waals surface area (Å²) in [6.07, 6.45) is 0. The summed E-state index contributed by atoms with van der Waals surface area (Å²) in [7, 11) is 0. The molecule has 2 rings (SSSR count). The average molecular weight is 175 g/mol. The van der Waals surface area contributed by atoms with Gasteiger partial charge in [0.05, 0.1) is 0 Å². The highest BCUT2D eigenvalue weighted by Gasteiger charge is 2.17. The van der Waals surface area contributed by atoms with E-state index in [9.17, 15) is 0 Å². The minimum atomic E-state index is 0.209. The lowest BCUT2D eigenvalue weighted by atomic mass is 10.1. The Balaban J connectivity index is 2.22. The Morgan fingerprint density at radius 3 is 2.46 bits per heavy atom. The molecule has 1 heterocycles. The lowest BCUT2D eigenvalue weighted by Crippen LogP contribution is -1.97.